The molecular formula is C17H16BrNO. The molecule has 0 atom stereocenters. The van der Waals surface area contributed by atoms with E-state index in [0.717, 1.165) is 22.3 Å². The Balaban J connectivity index is 1.95. The maximum atomic E-state index is 5.65. The minimum absolute atomic E-state index is 0.384. The summed E-state index contributed by atoms with van der Waals surface area (Å²) in [5.74, 6) is 6.92. The lowest BCUT2D eigenvalue weighted by Crippen LogP contribution is -2.06. The molecule has 0 saturated carbocycles. The highest BCUT2D eigenvalue weighted by Crippen LogP contribution is 2.22. The number of nitrogens with one attached hydrogen (secondary N) is 1. The second-order valence-corrected chi connectivity index (χ2v) is 5.09. The van der Waals surface area contributed by atoms with Crippen LogP contribution in [0, 0.1) is 11.8 Å². The molecule has 3 heteroatoms. The van der Waals surface area contributed by atoms with Crippen LogP contribution in [0.4, 0.5) is 0 Å². The van der Waals surface area contributed by atoms with Crippen molar-refractivity contribution in [3.63, 3.8) is 0 Å². The van der Waals surface area contributed by atoms with Gasteiger partial charge in [-0.3, -0.25) is 0 Å². The predicted molar refractivity (Wildman–Crippen MR) is 85.7 cm³/mol. The Bertz CT molecular complexity index is 614. The molecule has 0 saturated heterocycles. The molecule has 20 heavy (non-hydrogen) atoms. The molecule has 0 bridgehead atoms. The maximum absolute atomic E-state index is 5.65. The van der Waals surface area contributed by atoms with Crippen molar-refractivity contribution in [1.82, 2.24) is 5.32 Å². The van der Waals surface area contributed by atoms with Gasteiger partial charge in [0.1, 0.15) is 12.4 Å². The average molecular weight is 330 g/mol. The Morgan fingerprint density at radius 1 is 1.15 bits per heavy atom. The van der Waals surface area contributed by atoms with Crippen molar-refractivity contribution in [2.75, 3.05) is 13.7 Å². The van der Waals surface area contributed by atoms with Crippen LogP contribution >= 0.6 is 15.9 Å². The van der Waals surface area contributed by atoms with Crippen LogP contribution in [0.1, 0.15) is 11.1 Å². The maximum Gasteiger partial charge on any atom is 0.149 e. The summed E-state index contributed by atoms with van der Waals surface area (Å²) in [6.45, 7) is 1.18. The van der Waals surface area contributed by atoms with Gasteiger partial charge in [0.15, 0.2) is 0 Å². The zero-order valence-electron chi connectivity index (χ0n) is 11.3. The Morgan fingerprint density at radius 2 is 1.95 bits per heavy atom. The van der Waals surface area contributed by atoms with Gasteiger partial charge in [-0.05, 0) is 42.9 Å². The van der Waals surface area contributed by atoms with Crippen LogP contribution in [0.3, 0.4) is 0 Å². The Labute approximate surface area is 128 Å². The van der Waals surface area contributed by atoms with Crippen LogP contribution < -0.4 is 10.1 Å². The van der Waals surface area contributed by atoms with Gasteiger partial charge in [0, 0.05) is 16.6 Å². The summed E-state index contributed by atoms with van der Waals surface area (Å²) in [5.41, 5.74) is 2.17. The molecule has 0 aliphatic heterocycles. The van der Waals surface area contributed by atoms with Crippen molar-refractivity contribution in [1.29, 1.82) is 0 Å². The Kier molecular flexibility index (Phi) is 5.67. The molecule has 0 aromatic heterocycles. The molecule has 0 unspecified atom stereocenters. The number of rotatable bonds is 4. The van der Waals surface area contributed by atoms with E-state index >= 15 is 0 Å². The topological polar surface area (TPSA) is 21.3 Å². The molecule has 0 fully saturated rings. The van der Waals surface area contributed by atoms with Crippen molar-refractivity contribution in [3.8, 4) is 17.6 Å². The molecule has 2 nitrogen and oxygen atoms in total. The second-order valence-electron chi connectivity index (χ2n) is 4.24. The first-order valence-corrected chi connectivity index (χ1v) is 7.18. The third-order valence-corrected chi connectivity index (χ3v) is 3.48. The number of halogens is 1. The highest BCUT2D eigenvalue weighted by Gasteiger charge is 2.01. The smallest absolute Gasteiger partial charge is 0.149 e. The number of ether oxygens (including phenoxy) is 1. The molecule has 102 valence electrons. The molecule has 2 aromatic carbocycles. The van der Waals surface area contributed by atoms with E-state index in [2.05, 4.69) is 33.1 Å². The number of hydrogen-bond donors (Lipinski definition) is 1. The predicted octanol–water partition coefficient (Wildman–Crippen LogP) is 3.60. The summed E-state index contributed by atoms with van der Waals surface area (Å²) in [4.78, 5) is 0. The van der Waals surface area contributed by atoms with Crippen LogP contribution in [-0.4, -0.2) is 13.7 Å². The zero-order valence-corrected chi connectivity index (χ0v) is 12.9. The van der Waals surface area contributed by atoms with Gasteiger partial charge in [-0.2, -0.15) is 0 Å². The van der Waals surface area contributed by atoms with Gasteiger partial charge in [0.25, 0.3) is 0 Å². The van der Waals surface area contributed by atoms with Gasteiger partial charge >= 0.3 is 0 Å². The summed E-state index contributed by atoms with van der Waals surface area (Å²) in [6.07, 6.45) is 0. The van der Waals surface area contributed by atoms with Crippen molar-refractivity contribution in [2.45, 2.75) is 6.54 Å². The lowest BCUT2D eigenvalue weighted by Gasteiger charge is -2.07. The lowest BCUT2D eigenvalue weighted by atomic mass is 10.2. The monoisotopic (exact) mass is 329 g/mol. The van der Waals surface area contributed by atoms with Crippen LogP contribution in [0.2, 0.25) is 0 Å². The number of benzene rings is 2. The van der Waals surface area contributed by atoms with E-state index in [-0.39, 0.29) is 0 Å². The summed E-state index contributed by atoms with van der Waals surface area (Å²) in [7, 11) is 1.92. The van der Waals surface area contributed by atoms with E-state index in [0.29, 0.717) is 6.61 Å². The quantitative estimate of drug-likeness (QED) is 0.865. The summed E-state index contributed by atoms with van der Waals surface area (Å²) >= 11 is 3.52. The van der Waals surface area contributed by atoms with Crippen LogP contribution in [0.25, 0.3) is 0 Å². The van der Waals surface area contributed by atoms with Gasteiger partial charge in [-0.1, -0.05) is 46.0 Å². The summed E-state index contributed by atoms with van der Waals surface area (Å²) in [5, 5.41) is 3.13. The van der Waals surface area contributed by atoms with E-state index in [1.165, 1.54) is 5.56 Å². The first-order valence-electron chi connectivity index (χ1n) is 6.39. The summed E-state index contributed by atoms with van der Waals surface area (Å²) in [6, 6.07) is 15.8. The molecule has 0 radical (unpaired) electrons. The standard InChI is InChI=1S/C17H16BrNO/c1-19-13-15-12-16(9-10-17(15)18)20-11-5-8-14-6-3-2-4-7-14/h2-4,6-7,9-10,12,19H,11,13H2,1H3. The van der Waals surface area contributed by atoms with E-state index in [1.807, 2.05) is 55.6 Å². The molecule has 2 rings (SSSR count). The largest absolute Gasteiger partial charge is 0.481 e. The van der Waals surface area contributed by atoms with Crippen molar-refractivity contribution in [2.24, 2.45) is 0 Å². The zero-order chi connectivity index (χ0) is 14.2. The van der Waals surface area contributed by atoms with E-state index < -0.39 is 0 Å². The lowest BCUT2D eigenvalue weighted by molar-refractivity contribution is 0.369. The summed E-state index contributed by atoms with van der Waals surface area (Å²) < 4.78 is 6.73. The van der Waals surface area contributed by atoms with Gasteiger partial charge in [0.05, 0.1) is 0 Å². The Hall–Kier alpha value is -1.76. The van der Waals surface area contributed by atoms with Crippen LogP contribution in [0.15, 0.2) is 53.0 Å². The minimum Gasteiger partial charge on any atom is -0.481 e. The SMILES string of the molecule is CNCc1cc(OCC#Cc2ccccc2)ccc1Br. The fourth-order valence-electron chi connectivity index (χ4n) is 1.75. The molecular weight excluding hydrogens is 314 g/mol. The molecule has 2 aromatic rings. The van der Waals surface area contributed by atoms with Crippen LogP contribution in [-0.2, 0) is 6.54 Å². The van der Waals surface area contributed by atoms with E-state index in [9.17, 15) is 0 Å². The third kappa shape index (κ3) is 4.41. The molecule has 0 amide bonds. The first kappa shape index (κ1) is 14.6. The van der Waals surface area contributed by atoms with Gasteiger partial charge in [-0.25, -0.2) is 0 Å². The molecule has 0 aliphatic rings. The van der Waals surface area contributed by atoms with Crippen molar-refractivity contribution < 1.29 is 4.74 Å². The van der Waals surface area contributed by atoms with E-state index in [4.69, 9.17) is 4.74 Å². The van der Waals surface area contributed by atoms with Crippen molar-refractivity contribution in [3.05, 3.63) is 64.1 Å². The normalized spacial score (nSPS) is 9.70. The molecule has 1 N–H and O–H groups in total. The highest BCUT2D eigenvalue weighted by molar-refractivity contribution is 9.10. The fourth-order valence-corrected chi connectivity index (χ4v) is 2.13. The fraction of sp³-hybridized carbons (Fsp3) is 0.176. The second kappa shape index (κ2) is 7.74. The first-order chi connectivity index (χ1) is 9.79. The highest BCUT2D eigenvalue weighted by atomic mass is 79.9. The van der Waals surface area contributed by atoms with Gasteiger partial charge in [-0.15, -0.1) is 0 Å². The average Bonchev–Trinajstić information content (AvgIpc) is 2.48. The number of hydrogen-bond acceptors (Lipinski definition) is 2. The van der Waals surface area contributed by atoms with Gasteiger partial charge < -0.3 is 10.1 Å². The van der Waals surface area contributed by atoms with Gasteiger partial charge in [0.2, 0.25) is 0 Å². The Morgan fingerprint density at radius 3 is 2.70 bits per heavy atom. The van der Waals surface area contributed by atoms with E-state index in [1.54, 1.807) is 0 Å². The molecule has 0 spiro atoms. The molecule has 0 aliphatic carbocycles. The molecule has 0 heterocycles. The van der Waals surface area contributed by atoms with Crippen molar-refractivity contribution >= 4 is 15.9 Å². The third-order valence-electron chi connectivity index (χ3n) is 2.70. The minimum atomic E-state index is 0.384. The van der Waals surface area contributed by atoms with Crippen LogP contribution in [0.5, 0.6) is 5.75 Å².